The Labute approximate surface area is 130 Å². The second kappa shape index (κ2) is 6.91. The van der Waals surface area contributed by atoms with Gasteiger partial charge in [-0.25, -0.2) is 4.98 Å². The van der Waals surface area contributed by atoms with Gasteiger partial charge >= 0.3 is 6.01 Å². The average molecular weight is 304 g/mol. The van der Waals surface area contributed by atoms with Crippen LogP contribution in [-0.4, -0.2) is 39.2 Å². The summed E-state index contributed by atoms with van der Waals surface area (Å²) in [7, 11) is 0. The highest BCUT2D eigenvalue weighted by Gasteiger charge is 2.17. The Morgan fingerprint density at radius 1 is 1.45 bits per heavy atom. The highest BCUT2D eigenvalue weighted by molar-refractivity contribution is 5.81. The molecule has 7 heteroatoms. The molecule has 1 aliphatic heterocycles. The second-order valence-electron chi connectivity index (χ2n) is 5.87. The smallest absolute Gasteiger partial charge is 0.320 e. The van der Waals surface area contributed by atoms with Crippen LogP contribution >= 0.6 is 0 Å². The summed E-state index contributed by atoms with van der Waals surface area (Å²) in [5.74, 6) is 0.990. The van der Waals surface area contributed by atoms with Crippen LogP contribution < -0.4 is 15.8 Å². The monoisotopic (exact) mass is 304 g/mol. The Hall–Kier alpha value is -1.89. The summed E-state index contributed by atoms with van der Waals surface area (Å²) in [6.45, 7) is 5.79. The molecule has 0 radical (unpaired) electrons. The zero-order valence-electron chi connectivity index (χ0n) is 13.1. The topological polar surface area (TPSA) is 90.9 Å². The fraction of sp³-hybridized carbons (Fsp3) is 0.667. The van der Waals surface area contributed by atoms with E-state index >= 15 is 0 Å². The van der Waals surface area contributed by atoms with Crippen LogP contribution in [0.2, 0.25) is 0 Å². The van der Waals surface area contributed by atoms with Crippen LogP contribution in [0, 0.1) is 5.92 Å². The molecule has 1 atom stereocenters. The number of nitrogen functional groups attached to an aromatic ring is 1. The molecule has 120 valence electrons. The number of unbranched alkanes of at least 4 members (excludes halogenated alkanes) is 1. The molecule has 0 aliphatic carbocycles. The third-order valence-corrected chi connectivity index (χ3v) is 4.05. The van der Waals surface area contributed by atoms with E-state index in [4.69, 9.17) is 10.5 Å². The van der Waals surface area contributed by atoms with Crippen molar-refractivity contribution in [1.29, 1.82) is 0 Å². The maximum Gasteiger partial charge on any atom is 0.320 e. The minimum Gasteiger partial charge on any atom is -0.463 e. The number of rotatable bonds is 6. The summed E-state index contributed by atoms with van der Waals surface area (Å²) in [5.41, 5.74) is 7.42. The van der Waals surface area contributed by atoms with Gasteiger partial charge in [-0.3, -0.25) is 0 Å². The number of anilines is 1. The molecule has 0 saturated carbocycles. The van der Waals surface area contributed by atoms with Crippen molar-refractivity contribution in [3.63, 3.8) is 0 Å². The molecule has 1 aliphatic rings. The molecule has 2 aromatic rings. The molecule has 7 nitrogen and oxygen atoms in total. The fourth-order valence-electron chi connectivity index (χ4n) is 2.81. The van der Waals surface area contributed by atoms with Crippen LogP contribution in [0.15, 0.2) is 6.33 Å². The van der Waals surface area contributed by atoms with Crippen LogP contribution in [0.4, 0.5) is 5.82 Å². The van der Waals surface area contributed by atoms with Gasteiger partial charge in [0.25, 0.3) is 0 Å². The summed E-state index contributed by atoms with van der Waals surface area (Å²) < 4.78 is 7.66. The molecule has 3 heterocycles. The highest BCUT2D eigenvalue weighted by Crippen LogP contribution is 2.21. The Kier molecular flexibility index (Phi) is 4.72. The zero-order valence-corrected chi connectivity index (χ0v) is 13.1. The van der Waals surface area contributed by atoms with Crippen molar-refractivity contribution in [3.05, 3.63) is 6.33 Å². The number of fused-ring (bicyclic) bond motifs is 1. The number of ether oxygens (including phenoxy) is 1. The summed E-state index contributed by atoms with van der Waals surface area (Å²) in [6, 6.07) is 0.349. The van der Waals surface area contributed by atoms with Gasteiger partial charge in [0, 0.05) is 6.54 Å². The molecule has 1 fully saturated rings. The van der Waals surface area contributed by atoms with Gasteiger partial charge in [0.15, 0.2) is 17.0 Å². The van der Waals surface area contributed by atoms with E-state index in [1.807, 2.05) is 0 Å². The van der Waals surface area contributed by atoms with Gasteiger partial charge < -0.3 is 20.4 Å². The number of piperidine rings is 1. The fourth-order valence-corrected chi connectivity index (χ4v) is 2.81. The maximum atomic E-state index is 5.99. The number of aromatic nitrogens is 4. The molecule has 2 aromatic heterocycles. The summed E-state index contributed by atoms with van der Waals surface area (Å²) in [4.78, 5) is 13.0. The lowest BCUT2D eigenvalue weighted by molar-refractivity contribution is 0.286. The lowest BCUT2D eigenvalue weighted by Crippen LogP contribution is -2.32. The molecule has 0 spiro atoms. The minimum atomic E-state index is 0.349. The van der Waals surface area contributed by atoms with Crippen molar-refractivity contribution < 1.29 is 4.74 Å². The Balaban J connectivity index is 1.80. The predicted molar refractivity (Wildman–Crippen MR) is 85.7 cm³/mol. The van der Waals surface area contributed by atoms with Crippen molar-refractivity contribution >= 4 is 17.0 Å². The third kappa shape index (κ3) is 3.30. The van der Waals surface area contributed by atoms with Crippen molar-refractivity contribution in [2.75, 3.05) is 25.4 Å². The number of imidazole rings is 1. The van der Waals surface area contributed by atoms with E-state index in [0.29, 0.717) is 29.9 Å². The number of nitrogens with zero attached hydrogens (tertiary/aromatic N) is 4. The number of hydrogen-bond acceptors (Lipinski definition) is 6. The van der Waals surface area contributed by atoms with Crippen molar-refractivity contribution in [2.45, 2.75) is 39.2 Å². The molecule has 0 amide bonds. The summed E-state index contributed by atoms with van der Waals surface area (Å²) in [5, 5.41) is 3.44. The molecule has 0 unspecified atom stereocenters. The largest absolute Gasteiger partial charge is 0.463 e. The van der Waals surface area contributed by atoms with E-state index in [2.05, 4.69) is 31.8 Å². The van der Waals surface area contributed by atoms with Crippen LogP contribution in [0.1, 0.15) is 32.6 Å². The summed E-state index contributed by atoms with van der Waals surface area (Å²) >= 11 is 0. The second-order valence-corrected chi connectivity index (χ2v) is 5.87. The lowest BCUT2D eigenvalue weighted by Gasteiger charge is -2.23. The number of nitrogens with one attached hydrogen (secondary N) is 1. The third-order valence-electron chi connectivity index (χ3n) is 4.05. The standard InChI is InChI=1S/C15H24N6O/c1-2-3-7-22-15-19-13(16)12-14(20-15)21(10-18-12)9-11-5-4-6-17-8-11/h10-11,17H,2-9H2,1H3,(H2,16,19,20)/t11-/m1/s1. The molecular weight excluding hydrogens is 280 g/mol. The zero-order chi connectivity index (χ0) is 15.4. The molecule has 0 bridgehead atoms. The van der Waals surface area contributed by atoms with Crippen LogP contribution in [0.25, 0.3) is 11.2 Å². The van der Waals surface area contributed by atoms with E-state index in [-0.39, 0.29) is 0 Å². The Morgan fingerprint density at radius 3 is 3.14 bits per heavy atom. The van der Waals surface area contributed by atoms with E-state index < -0.39 is 0 Å². The average Bonchev–Trinajstić information content (AvgIpc) is 2.92. The van der Waals surface area contributed by atoms with Crippen LogP contribution in [0.5, 0.6) is 6.01 Å². The van der Waals surface area contributed by atoms with E-state index in [1.165, 1.54) is 12.8 Å². The predicted octanol–water partition coefficient (Wildman–Crippen LogP) is 1.59. The minimum absolute atomic E-state index is 0.349. The van der Waals surface area contributed by atoms with Gasteiger partial charge in [0.05, 0.1) is 12.9 Å². The molecule has 1 saturated heterocycles. The molecule has 0 aromatic carbocycles. The Bertz CT molecular complexity index is 620. The van der Waals surface area contributed by atoms with Crippen molar-refractivity contribution in [2.24, 2.45) is 5.92 Å². The van der Waals surface area contributed by atoms with Crippen molar-refractivity contribution in [3.8, 4) is 6.01 Å². The molecule has 22 heavy (non-hydrogen) atoms. The first-order valence-corrected chi connectivity index (χ1v) is 8.09. The van der Waals surface area contributed by atoms with E-state index in [1.54, 1.807) is 6.33 Å². The SMILES string of the molecule is CCCCOc1nc(N)c2ncn(C[C@@H]3CCCNC3)c2n1. The van der Waals surface area contributed by atoms with Gasteiger partial charge in [-0.2, -0.15) is 9.97 Å². The van der Waals surface area contributed by atoms with Crippen molar-refractivity contribution in [1.82, 2.24) is 24.8 Å². The molecule has 3 rings (SSSR count). The van der Waals surface area contributed by atoms with Crippen LogP contribution in [-0.2, 0) is 6.54 Å². The van der Waals surface area contributed by atoms with Gasteiger partial charge in [-0.1, -0.05) is 13.3 Å². The molecular formula is C15H24N6O. The van der Waals surface area contributed by atoms with Crippen LogP contribution in [0.3, 0.4) is 0 Å². The van der Waals surface area contributed by atoms with Gasteiger partial charge in [-0.15, -0.1) is 0 Å². The van der Waals surface area contributed by atoms with Gasteiger partial charge in [0.1, 0.15) is 0 Å². The lowest BCUT2D eigenvalue weighted by atomic mass is 10.00. The first-order chi connectivity index (χ1) is 10.8. The highest BCUT2D eigenvalue weighted by atomic mass is 16.5. The number of hydrogen-bond donors (Lipinski definition) is 2. The summed E-state index contributed by atoms with van der Waals surface area (Å²) in [6.07, 6.45) is 6.31. The van der Waals surface area contributed by atoms with Gasteiger partial charge in [0.2, 0.25) is 0 Å². The molecule has 3 N–H and O–H groups in total. The first-order valence-electron chi connectivity index (χ1n) is 8.09. The number of nitrogens with two attached hydrogens (primary N) is 1. The normalized spacial score (nSPS) is 18.7. The maximum absolute atomic E-state index is 5.99. The quantitative estimate of drug-likeness (QED) is 0.788. The van der Waals surface area contributed by atoms with E-state index in [0.717, 1.165) is 38.1 Å². The van der Waals surface area contributed by atoms with Gasteiger partial charge in [-0.05, 0) is 38.3 Å². The Morgan fingerprint density at radius 2 is 2.36 bits per heavy atom. The first kappa shape index (κ1) is 15.0. The van der Waals surface area contributed by atoms with E-state index in [9.17, 15) is 0 Å².